The number of fused-ring (bicyclic) bond motifs is 1. The molecule has 2 fully saturated rings. The van der Waals surface area contributed by atoms with Crippen LogP contribution >= 0.6 is 0 Å². The van der Waals surface area contributed by atoms with Crippen molar-refractivity contribution in [2.75, 3.05) is 26.2 Å². The molecule has 4 amide bonds. The minimum Gasteiger partial charge on any atom is -0.486 e. The molecule has 2 atom stereocenters. The van der Waals surface area contributed by atoms with Crippen LogP contribution in [0.2, 0.25) is 0 Å². The molecule has 2 saturated heterocycles. The molecule has 0 saturated carbocycles. The normalized spacial score (nSPS) is 23.7. The van der Waals surface area contributed by atoms with Gasteiger partial charge in [0.1, 0.15) is 12.7 Å². The van der Waals surface area contributed by atoms with E-state index in [9.17, 15) is 14.4 Å². The zero-order chi connectivity index (χ0) is 22.1. The molecule has 4 heterocycles. The molecule has 9 nitrogen and oxygen atoms in total. The van der Waals surface area contributed by atoms with Crippen LogP contribution in [-0.4, -0.2) is 75.9 Å². The molecule has 3 aliphatic rings. The van der Waals surface area contributed by atoms with Gasteiger partial charge >= 0.3 is 17.8 Å². The molecule has 1 aromatic carbocycles. The van der Waals surface area contributed by atoms with E-state index in [-0.39, 0.29) is 18.7 Å². The SMILES string of the molecule is O=C1C(=O)N(C2CCCN(CC3COc4ccccc4O3)C2)C(=O)N1Cc1ccccn1. The molecule has 0 bridgehead atoms. The van der Waals surface area contributed by atoms with E-state index in [0.717, 1.165) is 34.3 Å². The number of imide groups is 2. The van der Waals surface area contributed by atoms with E-state index in [2.05, 4.69) is 9.88 Å². The summed E-state index contributed by atoms with van der Waals surface area (Å²) in [6.07, 6.45) is 2.94. The fourth-order valence-electron chi connectivity index (χ4n) is 4.49. The third kappa shape index (κ3) is 3.91. The van der Waals surface area contributed by atoms with Gasteiger partial charge in [-0.25, -0.2) is 9.69 Å². The first-order chi connectivity index (χ1) is 15.6. The highest BCUT2D eigenvalue weighted by Gasteiger charge is 2.48. The molecule has 0 spiro atoms. The number of urea groups is 1. The maximum absolute atomic E-state index is 13.0. The van der Waals surface area contributed by atoms with Crippen molar-refractivity contribution < 1.29 is 23.9 Å². The standard InChI is InChI=1S/C23H24N4O5/c28-21-22(29)27(23(30)26(21)12-16-6-3-4-10-24-16)17-7-5-11-25(13-17)14-18-15-31-19-8-1-2-9-20(19)32-18/h1-4,6,8-10,17-18H,5,7,11-15H2. The number of likely N-dealkylation sites (tertiary alicyclic amines) is 1. The first-order valence-corrected chi connectivity index (χ1v) is 10.8. The molecular formula is C23H24N4O5. The van der Waals surface area contributed by atoms with E-state index in [1.807, 2.05) is 24.3 Å². The molecule has 1 aromatic heterocycles. The van der Waals surface area contributed by atoms with Crippen LogP contribution in [0.1, 0.15) is 18.5 Å². The number of nitrogens with zero attached hydrogens (tertiary/aromatic N) is 4. The summed E-state index contributed by atoms with van der Waals surface area (Å²) in [4.78, 5) is 46.6. The number of hydrogen-bond acceptors (Lipinski definition) is 7. The summed E-state index contributed by atoms with van der Waals surface area (Å²) >= 11 is 0. The maximum atomic E-state index is 13.0. The summed E-state index contributed by atoms with van der Waals surface area (Å²) in [7, 11) is 0. The molecule has 2 unspecified atom stereocenters. The zero-order valence-corrected chi connectivity index (χ0v) is 17.6. The van der Waals surface area contributed by atoms with E-state index in [1.165, 1.54) is 0 Å². The Kier molecular flexibility index (Phi) is 5.48. The lowest BCUT2D eigenvalue weighted by molar-refractivity contribution is -0.144. The van der Waals surface area contributed by atoms with Crippen molar-refractivity contribution in [1.29, 1.82) is 0 Å². The molecule has 3 aliphatic heterocycles. The number of aromatic nitrogens is 1. The number of carbonyl (C=O) groups excluding carboxylic acids is 3. The second kappa shape index (κ2) is 8.58. The van der Waals surface area contributed by atoms with Gasteiger partial charge in [-0.15, -0.1) is 0 Å². The van der Waals surface area contributed by atoms with Crippen LogP contribution in [0.3, 0.4) is 0 Å². The van der Waals surface area contributed by atoms with Crippen LogP contribution in [-0.2, 0) is 16.1 Å². The van der Waals surface area contributed by atoms with Crippen molar-refractivity contribution >= 4 is 17.8 Å². The number of amides is 4. The highest BCUT2D eigenvalue weighted by molar-refractivity contribution is 6.44. The third-order valence-electron chi connectivity index (χ3n) is 6.01. The van der Waals surface area contributed by atoms with E-state index in [4.69, 9.17) is 9.47 Å². The van der Waals surface area contributed by atoms with Gasteiger partial charge in [-0.3, -0.25) is 24.4 Å². The lowest BCUT2D eigenvalue weighted by Crippen LogP contribution is -2.53. The number of hydrogen-bond donors (Lipinski definition) is 0. The summed E-state index contributed by atoms with van der Waals surface area (Å²) < 4.78 is 11.9. The van der Waals surface area contributed by atoms with Crippen molar-refractivity contribution in [2.24, 2.45) is 0 Å². The summed E-state index contributed by atoms with van der Waals surface area (Å²) in [6.45, 7) is 2.39. The van der Waals surface area contributed by atoms with Crippen molar-refractivity contribution in [3.05, 3.63) is 54.4 Å². The minimum atomic E-state index is -0.793. The predicted molar refractivity (Wildman–Crippen MR) is 113 cm³/mol. The second-order valence-electron chi connectivity index (χ2n) is 8.22. The van der Waals surface area contributed by atoms with Gasteiger partial charge < -0.3 is 9.47 Å². The van der Waals surface area contributed by atoms with Crippen molar-refractivity contribution in [1.82, 2.24) is 19.7 Å². The van der Waals surface area contributed by atoms with Crippen molar-refractivity contribution in [3.63, 3.8) is 0 Å². The molecule has 0 radical (unpaired) electrons. The van der Waals surface area contributed by atoms with Gasteiger partial charge in [-0.2, -0.15) is 0 Å². The Morgan fingerprint density at radius 1 is 1.00 bits per heavy atom. The van der Waals surface area contributed by atoms with Crippen molar-refractivity contribution in [2.45, 2.75) is 31.5 Å². The Hall–Kier alpha value is -3.46. The number of para-hydroxylation sites is 2. The summed E-state index contributed by atoms with van der Waals surface area (Å²) in [6, 6.07) is 11.9. The second-order valence-corrected chi connectivity index (χ2v) is 8.22. The topological polar surface area (TPSA) is 92.3 Å². The van der Waals surface area contributed by atoms with Crippen LogP contribution in [0.5, 0.6) is 11.5 Å². The Morgan fingerprint density at radius 2 is 1.81 bits per heavy atom. The maximum Gasteiger partial charge on any atom is 0.334 e. The predicted octanol–water partition coefficient (Wildman–Crippen LogP) is 1.68. The number of carbonyl (C=O) groups is 3. The molecule has 2 aromatic rings. The number of rotatable bonds is 5. The first-order valence-electron chi connectivity index (χ1n) is 10.8. The third-order valence-corrected chi connectivity index (χ3v) is 6.01. The van der Waals surface area contributed by atoms with Crippen LogP contribution in [0.15, 0.2) is 48.7 Å². The van der Waals surface area contributed by atoms with Gasteiger partial charge in [0.2, 0.25) is 0 Å². The summed E-state index contributed by atoms with van der Waals surface area (Å²) in [5.74, 6) is -0.0969. The number of piperidine rings is 1. The average molecular weight is 436 g/mol. The highest BCUT2D eigenvalue weighted by atomic mass is 16.6. The Bertz CT molecular complexity index is 1030. The van der Waals surface area contributed by atoms with E-state index in [0.29, 0.717) is 31.8 Å². The van der Waals surface area contributed by atoms with Gasteiger partial charge in [-0.05, 0) is 43.7 Å². The van der Waals surface area contributed by atoms with Crippen molar-refractivity contribution in [3.8, 4) is 11.5 Å². The van der Waals surface area contributed by atoms with Gasteiger partial charge in [0, 0.05) is 19.3 Å². The quantitative estimate of drug-likeness (QED) is 0.520. The van der Waals surface area contributed by atoms with E-state index >= 15 is 0 Å². The van der Waals surface area contributed by atoms with Gasteiger partial charge in [0.25, 0.3) is 0 Å². The largest absolute Gasteiger partial charge is 0.486 e. The molecule has 0 aliphatic carbocycles. The van der Waals surface area contributed by atoms with E-state index < -0.39 is 17.8 Å². The molecule has 0 N–H and O–H groups in total. The van der Waals surface area contributed by atoms with Crippen LogP contribution in [0.25, 0.3) is 0 Å². The highest BCUT2D eigenvalue weighted by Crippen LogP contribution is 2.31. The van der Waals surface area contributed by atoms with Gasteiger partial charge in [0.15, 0.2) is 11.5 Å². The summed E-state index contributed by atoms with van der Waals surface area (Å²) in [5.41, 5.74) is 0.559. The zero-order valence-electron chi connectivity index (χ0n) is 17.6. The van der Waals surface area contributed by atoms with Gasteiger partial charge in [-0.1, -0.05) is 18.2 Å². The number of pyridine rings is 1. The lowest BCUT2D eigenvalue weighted by Gasteiger charge is -2.38. The molecule has 9 heteroatoms. The van der Waals surface area contributed by atoms with Gasteiger partial charge in [0.05, 0.1) is 18.3 Å². The lowest BCUT2D eigenvalue weighted by atomic mass is 10.0. The van der Waals surface area contributed by atoms with Crippen LogP contribution < -0.4 is 9.47 Å². The van der Waals surface area contributed by atoms with Crippen LogP contribution in [0.4, 0.5) is 4.79 Å². The number of benzene rings is 1. The van der Waals surface area contributed by atoms with E-state index in [1.54, 1.807) is 24.4 Å². The molecule has 32 heavy (non-hydrogen) atoms. The molecule has 5 rings (SSSR count). The molecule has 166 valence electrons. The van der Waals surface area contributed by atoms with Crippen LogP contribution in [0, 0.1) is 0 Å². The minimum absolute atomic E-state index is 0.0101. The first kappa shape index (κ1) is 20.4. The fourth-order valence-corrected chi connectivity index (χ4v) is 4.49. The average Bonchev–Trinajstić information content (AvgIpc) is 3.03. The Balaban J connectivity index is 1.23. The molecular weight excluding hydrogens is 412 g/mol. The monoisotopic (exact) mass is 436 g/mol. The Morgan fingerprint density at radius 3 is 2.62 bits per heavy atom. The Labute approximate surface area is 185 Å². The fraction of sp³-hybridized carbons (Fsp3) is 0.391. The number of ether oxygens (including phenoxy) is 2. The summed E-state index contributed by atoms with van der Waals surface area (Å²) in [5, 5.41) is 0. The smallest absolute Gasteiger partial charge is 0.334 e.